The molecule has 0 radical (unpaired) electrons. The van der Waals surface area contributed by atoms with Gasteiger partial charge in [-0.05, 0) is 25.0 Å². The van der Waals surface area contributed by atoms with Crippen LogP contribution in [0.15, 0.2) is 84.0 Å². The SMILES string of the molecule is COc1ccccc1C=CC=C1CCC(=CC=Cc2ccccc2OC)C1=O. The molecule has 0 N–H and O–H groups in total. The number of para-hydroxylation sites is 2. The van der Waals surface area contributed by atoms with Crippen molar-refractivity contribution in [3.05, 3.63) is 95.1 Å². The van der Waals surface area contributed by atoms with Crippen LogP contribution in [0.1, 0.15) is 24.0 Å². The molecule has 142 valence electrons. The molecule has 0 aliphatic heterocycles. The topological polar surface area (TPSA) is 35.5 Å². The van der Waals surface area contributed by atoms with Crippen LogP contribution in [0.3, 0.4) is 0 Å². The van der Waals surface area contributed by atoms with Gasteiger partial charge in [0.25, 0.3) is 0 Å². The van der Waals surface area contributed by atoms with E-state index in [-0.39, 0.29) is 5.78 Å². The number of allylic oxidation sites excluding steroid dienone is 6. The fourth-order valence-electron chi connectivity index (χ4n) is 3.16. The maximum absolute atomic E-state index is 12.6. The highest BCUT2D eigenvalue weighted by Gasteiger charge is 2.21. The zero-order valence-electron chi connectivity index (χ0n) is 16.2. The molecule has 0 aromatic heterocycles. The zero-order chi connectivity index (χ0) is 19.8. The Morgan fingerprint density at radius 3 is 1.57 bits per heavy atom. The molecule has 1 aliphatic rings. The molecule has 0 amide bonds. The monoisotopic (exact) mass is 372 g/mol. The quantitative estimate of drug-likeness (QED) is 0.615. The molecule has 1 fully saturated rings. The standard InChI is InChI=1S/C25H24O3/c1-27-23-15-5-3-9-19(23)11-7-13-21-17-18-22(25(21)26)14-8-12-20-10-4-6-16-24(20)28-2/h3-16H,17-18H2,1-2H3. The molecule has 1 aliphatic carbocycles. The highest BCUT2D eigenvalue weighted by Crippen LogP contribution is 2.27. The molecule has 0 heterocycles. The normalized spacial score (nSPS) is 17.3. The van der Waals surface area contributed by atoms with Crippen molar-refractivity contribution in [2.24, 2.45) is 0 Å². The lowest BCUT2D eigenvalue weighted by molar-refractivity contribution is -0.111. The van der Waals surface area contributed by atoms with Gasteiger partial charge in [0, 0.05) is 22.3 Å². The third kappa shape index (κ3) is 4.68. The van der Waals surface area contributed by atoms with E-state index in [1.807, 2.05) is 85.0 Å². The van der Waals surface area contributed by atoms with Crippen molar-refractivity contribution in [1.29, 1.82) is 0 Å². The number of carbonyl (C=O) groups is 1. The third-order valence-corrected chi connectivity index (χ3v) is 4.67. The van der Waals surface area contributed by atoms with E-state index in [1.165, 1.54) is 0 Å². The molecular formula is C25H24O3. The predicted octanol–water partition coefficient (Wildman–Crippen LogP) is 5.65. The Bertz CT molecular complexity index is 884. The minimum absolute atomic E-state index is 0.120. The first-order valence-corrected chi connectivity index (χ1v) is 9.28. The second kappa shape index (κ2) is 9.56. The predicted molar refractivity (Wildman–Crippen MR) is 114 cm³/mol. The lowest BCUT2D eigenvalue weighted by Crippen LogP contribution is -1.94. The van der Waals surface area contributed by atoms with Crippen LogP contribution in [0.2, 0.25) is 0 Å². The van der Waals surface area contributed by atoms with E-state index in [1.54, 1.807) is 14.2 Å². The van der Waals surface area contributed by atoms with E-state index in [2.05, 4.69) is 0 Å². The molecule has 2 aromatic rings. The van der Waals surface area contributed by atoms with Crippen molar-refractivity contribution in [1.82, 2.24) is 0 Å². The summed E-state index contributed by atoms with van der Waals surface area (Å²) in [6, 6.07) is 15.6. The Balaban J connectivity index is 1.68. The van der Waals surface area contributed by atoms with Gasteiger partial charge in [0.2, 0.25) is 0 Å². The number of methoxy groups -OCH3 is 2. The first kappa shape index (κ1) is 19.4. The van der Waals surface area contributed by atoms with Crippen LogP contribution in [0.5, 0.6) is 11.5 Å². The first-order chi connectivity index (χ1) is 13.7. The van der Waals surface area contributed by atoms with Crippen molar-refractivity contribution >= 4 is 17.9 Å². The van der Waals surface area contributed by atoms with Gasteiger partial charge in [0.15, 0.2) is 5.78 Å². The second-order valence-corrected chi connectivity index (χ2v) is 6.42. The minimum Gasteiger partial charge on any atom is -0.496 e. The Kier molecular flexibility index (Phi) is 6.64. The van der Waals surface area contributed by atoms with Crippen LogP contribution in [-0.2, 0) is 4.79 Å². The summed E-state index contributed by atoms with van der Waals surface area (Å²) in [4.78, 5) is 12.6. The molecule has 1 saturated carbocycles. The summed E-state index contributed by atoms with van der Waals surface area (Å²) in [5.41, 5.74) is 3.65. The van der Waals surface area contributed by atoms with Gasteiger partial charge in [-0.25, -0.2) is 0 Å². The summed E-state index contributed by atoms with van der Waals surface area (Å²) in [5.74, 6) is 1.75. The molecule has 3 rings (SSSR count). The maximum Gasteiger partial charge on any atom is 0.185 e. The smallest absolute Gasteiger partial charge is 0.185 e. The van der Waals surface area contributed by atoms with Crippen LogP contribution in [0, 0.1) is 0 Å². The van der Waals surface area contributed by atoms with Gasteiger partial charge in [-0.3, -0.25) is 4.79 Å². The third-order valence-electron chi connectivity index (χ3n) is 4.67. The highest BCUT2D eigenvalue weighted by molar-refractivity contribution is 6.11. The Hall–Kier alpha value is -3.33. The van der Waals surface area contributed by atoms with Gasteiger partial charge < -0.3 is 9.47 Å². The van der Waals surface area contributed by atoms with Gasteiger partial charge in [-0.15, -0.1) is 0 Å². The van der Waals surface area contributed by atoms with Gasteiger partial charge in [0.1, 0.15) is 11.5 Å². The Morgan fingerprint density at radius 2 is 1.14 bits per heavy atom. The zero-order valence-corrected chi connectivity index (χ0v) is 16.2. The van der Waals surface area contributed by atoms with Gasteiger partial charge >= 0.3 is 0 Å². The molecule has 0 saturated heterocycles. The van der Waals surface area contributed by atoms with Gasteiger partial charge in [-0.1, -0.05) is 72.9 Å². The van der Waals surface area contributed by atoms with E-state index >= 15 is 0 Å². The van der Waals surface area contributed by atoms with E-state index in [9.17, 15) is 4.79 Å². The number of ether oxygens (including phenoxy) is 2. The van der Waals surface area contributed by atoms with Crippen LogP contribution < -0.4 is 9.47 Å². The van der Waals surface area contributed by atoms with Crippen LogP contribution in [0.25, 0.3) is 12.2 Å². The van der Waals surface area contributed by atoms with Gasteiger partial charge in [-0.2, -0.15) is 0 Å². The molecule has 3 nitrogen and oxygen atoms in total. The number of hydrogen-bond acceptors (Lipinski definition) is 3. The summed E-state index contributed by atoms with van der Waals surface area (Å²) < 4.78 is 10.7. The summed E-state index contributed by atoms with van der Waals surface area (Å²) >= 11 is 0. The van der Waals surface area contributed by atoms with Crippen LogP contribution in [-0.4, -0.2) is 20.0 Å². The van der Waals surface area contributed by atoms with Gasteiger partial charge in [0.05, 0.1) is 14.2 Å². The number of rotatable bonds is 6. The van der Waals surface area contributed by atoms with Crippen LogP contribution >= 0.6 is 0 Å². The van der Waals surface area contributed by atoms with Crippen molar-refractivity contribution in [2.75, 3.05) is 14.2 Å². The van der Waals surface area contributed by atoms with Crippen LogP contribution in [0.4, 0.5) is 0 Å². The molecule has 0 bridgehead atoms. The summed E-state index contributed by atoms with van der Waals surface area (Å²) in [6.07, 6.45) is 13.1. The summed E-state index contributed by atoms with van der Waals surface area (Å²) in [7, 11) is 3.31. The lowest BCUT2D eigenvalue weighted by atomic mass is 10.1. The molecule has 2 aromatic carbocycles. The average molecular weight is 372 g/mol. The molecule has 0 spiro atoms. The van der Waals surface area contributed by atoms with E-state index < -0.39 is 0 Å². The van der Waals surface area contributed by atoms with Crippen molar-refractivity contribution < 1.29 is 14.3 Å². The lowest BCUT2D eigenvalue weighted by Gasteiger charge is -2.02. The summed E-state index contributed by atoms with van der Waals surface area (Å²) in [6.45, 7) is 0. The molecule has 0 unspecified atom stereocenters. The molecular weight excluding hydrogens is 348 g/mol. The number of hydrogen-bond donors (Lipinski definition) is 0. The highest BCUT2D eigenvalue weighted by atomic mass is 16.5. The fraction of sp³-hybridized carbons (Fsp3) is 0.160. The molecule has 0 atom stereocenters. The largest absolute Gasteiger partial charge is 0.496 e. The number of carbonyl (C=O) groups excluding carboxylic acids is 1. The Labute approximate surface area is 166 Å². The Morgan fingerprint density at radius 1 is 0.714 bits per heavy atom. The average Bonchev–Trinajstić information content (AvgIpc) is 3.08. The fourth-order valence-corrected chi connectivity index (χ4v) is 3.16. The van der Waals surface area contributed by atoms with Crippen molar-refractivity contribution in [2.45, 2.75) is 12.8 Å². The number of ketones is 1. The van der Waals surface area contributed by atoms with Crippen molar-refractivity contribution in [3.63, 3.8) is 0 Å². The molecule has 3 heteroatoms. The maximum atomic E-state index is 12.6. The van der Waals surface area contributed by atoms with E-state index in [0.717, 1.165) is 46.6 Å². The van der Waals surface area contributed by atoms with E-state index in [0.29, 0.717) is 0 Å². The van der Waals surface area contributed by atoms with E-state index in [4.69, 9.17) is 9.47 Å². The number of Topliss-reactive ketones (excluding diaryl/α,β-unsaturated/α-hetero) is 1. The first-order valence-electron chi connectivity index (χ1n) is 9.28. The summed E-state index contributed by atoms with van der Waals surface area (Å²) in [5, 5.41) is 0. The second-order valence-electron chi connectivity index (χ2n) is 6.42. The molecule has 28 heavy (non-hydrogen) atoms. The number of benzene rings is 2. The van der Waals surface area contributed by atoms with Crippen molar-refractivity contribution in [3.8, 4) is 11.5 Å². The minimum atomic E-state index is 0.120.